The number of ether oxygens (including phenoxy) is 1. The van der Waals surface area contributed by atoms with Crippen LogP contribution < -0.4 is 10.1 Å². The van der Waals surface area contributed by atoms with E-state index in [0.717, 1.165) is 5.56 Å². The minimum Gasteiger partial charge on any atom is -0.495 e. The molecule has 0 aliphatic rings. The molecule has 7 heteroatoms. The zero-order chi connectivity index (χ0) is 19.3. The molecule has 5 nitrogen and oxygen atoms in total. The van der Waals surface area contributed by atoms with E-state index < -0.39 is 11.7 Å². The summed E-state index contributed by atoms with van der Waals surface area (Å²) < 4.78 is 19.0. The summed E-state index contributed by atoms with van der Waals surface area (Å²) in [5.74, 6) is -0.759. The van der Waals surface area contributed by atoms with Gasteiger partial charge in [0.05, 0.1) is 12.8 Å². The molecule has 0 aliphatic heterocycles. The number of carbonyl (C=O) groups excluding carboxylic acids is 2. The molecule has 0 atom stereocenters. The van der Waals surface area contributed by atoms with Crippen molar-refractivity contribution in [2.75, 3.05) is 19.0 Å². The fourth-order valence-corrected chi connectivity index (χ4v) is 2.56. The summed E-state index contributed by atoms with van der Waals surface area (Å²) in [7, 11) is 1.47. The maximum Gasteiger partial charge on any atom is 0.244 e. The summed E-state index contributed by atoms with van der Waals surface area (Å²) in [4.78, 5) is 25.5. The molecule has 2 aromatic carbocycles. The van der Waals surface area contributed by atoms with Crippen molar-refractivity contribution >= 4 is 29.1 Å². The first-order valence-electron chi connectivity index (χ1n) is 7.94. The van der Waals surface area contributed by atoms with Gasteiger partial charge in [-0.15, -0.1) is 0 Å². The molecule has 0 unspecified atom stereocenters. The van der Waals surface area contributed by atoms with Crippen molar-refractivity contribution in [3.63, 3.8) is 0 Å². The van der Waals surface area contributed by atoms with Gasteiger partial charge in [-0.25, -0.2) is 4.39 Å². The van der Waals surface area contributed by atoms with Gasteiger partial charge in [0.25, 0.3) is 0 Å². The van der Waals surface area contributed by atoms with Crippen molar-refractivity contribution in [3.05, 3.63) is 58.4 Å². The Morgan fingerprint density at radius 3 is 2.58 bits per heavy atom. The number of nitrogens with zero attached hydrogens (tertiary/aromatic N) is 1. The van der Waals surface area contributed by atoms with E-state index in [0.29, 0.717) is 22.0 Å². The van der Waals surface area contributed by atoms with Crippen molar-refractivity contribution < 1.29 is 18.7 Å². The summed E-state index contributed by atoms with van der Waals surface area (Å²) >= 11 is 6.05. The molecule has 0 bridgehead atoms. The molecule has 0 aliphatic carbocycles. The van der Waals surface area contributed by atoms with Crippen LogP contribution in [0.2, 0.25) is 5.02 Å². The monoisotopic (exact) mass is 378 g/mol. The maximum absolute atomic E-state index is 13.8. The van der Waals surface area contributed by atoms with Crippen LogP contribution in [0.4, 0.5) is 10.1 Å². The predicted molar refractivity (Wildman–Crippen MR) is 98.9 cm³/mol. The van der Waals surface area contributed by atoms with Crippen LogP contribution in [0.1, 0.15) is 18.1 Å². The van der Waals surface area contributed by atoms with Gasteiger partial charge in [0.1, 0.15) is 18.1 Å². The lowest BCUT2D eigenvalue weighted by atomic mass is 10.2. The van der Waals surface area contributed by atoms with Crippen LogP contribution in [0, 0.1) is 12.7 Å². The largest absolute Gasteiger partial charge is 0.495 e. The molecule has 0 aromatic heterocycles. The maximum atomic E-state index is 13.8. The molecule has 0 fully saturated rings. The van der Waals surface area contributed by atoms with E-state index >= 15 is 0 Å². The zero-order valence-electron chi connectivity index (χ0n) is 14.8. The average Bonchev–Trinajstić information content (AvgIpc) is 2.59. The van der Waals surface area contributed by atoms with E-state index in [2.05, 4.69) is 5.32 Å². The number of methoxy groups -OCH3 is 1. The van der Waals surface area contributed by atoms with Crippen LogP contribution in [0.5, 0.6) is 5.75 Å². The second-order valence-electron chi connectivity index (χ2n) is 5.82. The second-order valence-corrected chi connectivity index (χ2v) is 6.22. The minimum absolute atomic E-state index is 0.00616. The van der Waals surface area contributed by atoms with Crippen molar-refractivity contribution in [2.45, 2.75) is 20.4 Å². The zero-order valence-corrected chi connectivity index (χ0v) is 15.6. The summed E-state index contributed by atoms with van der Waals surface area (Å²) in [5.41, 5.74) is 1.57. The normalized spacial score (nSPS) is 10.3. The van der Waals surface area contributed by atoms with Crippen LogP contribution in [-0.2, 0) is 16.1 Å². The standard InChI is InChI=1S/C19H20ClFN2O3/c1-12-8-17(18(26-3)9-15(12)20)22-19(25)11-23(13(2)24)10-14-6-4-5-7-16(14)21/h4-9H,10-11H2,1-3H3,(H,22,25). The SMILES string of the molecule is COc1cc(Cl)c(C)cc1NC(=O)CN(Cc1ccccc1F)C(C)=O. The Balaban J connectivity index is 2.12. The predicted octanol–water partition coefficient (Wildman–Crippen LogP) is 3.78. The number of halogens is 2. The third kappa shape index (κ3) is 4.95. The van der Waals surface area contributed by atoms with Gasteiger partial charge in [0, 0.05) is 30.1 Å². The Morgan fingerprint density at radius 2 is 1.96 bits per heavy atom. The number of aryl methyl sites for hydroxylation is 1. The average molecular weight is 379 g/mol. The summed E-state index contributed by atoms with van der Waals surface area (Å²) in [6, 6.07) is 9.43. The number of amides is 2. The number of rotatable bonds is 6. The number of nitrogens with one attached hydrogen (secondary N) is 1. The lowest BCUT2D eigenvalue weighted by Crippen LogP contribution is -2.36. The van der Waals surface area contributed by atoms with Gasteiger partial charge in [-0.3, -0.25) is 9.59 Å². The van der Waals surface area contributed by atoms with Gasteiger partial charge >= 0.3 is 0 Å². The number of anilines is 1. The molecule has 1 N–H and O–H groups in total. The van der Waals surface area contributed by atoms with Gasteiger partial charge in [-0.05, 0) is 24.6 Å². The van der Waals surface area contributed by atoms with Crippen LogP contribution >= 0.6 is 11.6 Å². The van der Waals surface area contributed by atoms with Crippen LogP contribution in [0.15, 0.2) is 36.4 Å². The van der Waals surface area contributed by atoms with E-state index in [4.69, 9.17) is 16.3 Å². The lowest BCUT2D eigenvalue weighted by Gasteiger charge is -2.21. The molecule has 2 aromatic rings. The van der Waals surface area contributed by atoms with E-state index in [1.54, 1.807) is 37.3 Å². The molecular formula is C19H20ClFN2O3. The Kier molecular flexibility index (Phi) is 6.58. The molecular weight excluding hydrogens is 359 g/mol. The highest BCUT2D eigenvalue weighted by atomic mass is 35.5. The topological polar surface area (TPSA) is 58.6 Å². The van der Waals surface area contributed by atoms with Crippen molar-refractivity contribution in [1.82, 2.24) is 4.90 Å². The smallest absolute Gasteiger partial charge is 0.244 e. The van der Waals surface area contributed by atoms with Crippen LogP contribution in [0.25, 0.3) is 0 Å². The number of benzene rings is 2. The van der Waals surface area contributed by atoms with E-state index in [1.165, 1.54) is 25.0 Å². The number of hydrogen-bond acceptors (Lipinski definition) is 3. The first kappa shape index (κ1) is 19.7. The van der Waals surface area contributed by atoms with Gasteiger partial charge in [0.15, 0.2) is 0 Å². The van der Waals surface area contributed by atoms with Crippen molar-refractivity contribution in [1.29, 1.82) is 0 Å². The number of hydrogen-bond donors (Lipinski definition) is 1. The molecule has 0 radical (unpaired) electrons. The molecule has 0 spiro atoms. The Morgan fingerprint density at radius 1 is 1.27 bits per heavy atom. The lowest BCUT2D eigenvalue weighted by molar-refractivity contribution is -0.133. The van der Waals surface area contributed by atoms with E-state index in [-0.39, 0.29) is 19.0 Å². The highest BCUT2D eigenvalue weighted by Crippen LogP contribution is 2.30. The first-order valence-corrected chi connectivity index (χ1v) is 8.32. The molecule has 138 valence electrons. The molecule has 2 rings (SSSR count). The highest BCUT2D eigenvalue weighted by molar-refractivity contribution is 6.31. The molecule has 2 amide bonds. The highest BCUT2D eigenvalue weighted by Gasteiger charge is 2.17. The fraction of sp³-hybridized carbons (Fsp3) is 0.263. The minimum atomic E-state index is -0.422. The second kappa shape index (κ2) is 8.67. The molecule has 0 saturated carbocycles. The Hall–Kier alpha value is -2.60. The van der Waals surface area contributed by atoms with E-state index in [9.17, 15) is 14.0 Å². The van der Waals surface area contributed by atoms with Gasteiger partial charge in [0.2, 0.25) is 11.8 Å². The van der Waals surface area contributed by atoms with Gasteiger partial charge < -0.3 is 15.0 Å². The summed E-state index contributed by atoms with van der Waals surface area (Å²) in [5, 5.41) is 3.22. The van der Waals surface area contributed by atoms with E-state index in [1.807, 2.05) is 0 Å². The summed E-state index contributed by atoms with van der Waals surface area (Å²) in [6.07, 6.45) is 0. The van der Waals surface area contributed by atoms with Crippen LogP contribution in [0.3, 0.4) is 0 Å². The Bertz CT molecular complexity index is 826. The third-order valence-corrected chi connectivity index (χ3v) is 4.26. The third-order valence-electron chi connectivity index (χ3n) is 3.85. The van der Waals surface area contributed by atoms with Gasteiger partial charge in [-0.1, -0.05) is 29.8 Å². The molecule has 26 heavy (non-hydrogen) atoms. The number of carbonyl (C=O) groups is 2. The van der Waals surface area contributed by atoms with Crippen molar-refractivity contribution in [2.24, 2.45) is 0 Å². The Labute approximate surface area is 156 Å². The summed E-state index contributed by atoms with van der Waals surface area (Å²) in [6.45, 7) is 2.93. The quantitative estimate of drug-likeness (QED) is 0.832. The fourth-order valence-electron chi connectivity index (χ4n) is 2.40. The van der Waals surface area contributed by atoms with Gasteiger partial charge in [-0.2, -0.15) is 0 Å². The molecule has 0 saturated heterocycles. The first-order chi connectivity index (χ1) is 12.3. The molecule has 0 heterocycles. The van der Waals surface area contributed by atoms with Crippen LogP contribution in [-0.4, -0.2) is 30.4 Å². The van der Waals surface area contributed by atoms with Crippen molar-refractivity contribution in [3.8, 4) is 5.75 Å².